The Labute approximate surface area is 193 Å². The van der Waals surface area contributed by atoms with Crippen LogP contribution >= 0.6 is 0 Å². The first kappa shape index (κ1) is 22.5. The van der Waals surface area contributed by atoms with Gasteiger partial charge in [-0.1, -0.05) is 100 Å². The molecule has 2 aromatic carbocycles. The lowest BCUT2D eigenvalue weighted by atomic mass is 9.61. The van der Waals surface area contributed by atoms with E-state index in [4.69, 9.17) is 0 Å². The molecule has 2 aliphatic carbocycles. The van der Waals surface area contributed by atoms with Gasteiger partial charge in [0.15, 0.2) is 0 Å². The third-order valence-corrected chi connectivity index (χ3v) is 7.37. The van der Waals surface area contributed by atoms with Crippen molar-refractivity contribution in [2.45, 2.75) is 59.3 Å². The van der Waals surface area contributed by atoms with Crippen molar-refractivity contribution in [1.82, 2.24) is 0 Å². The number of allylic oxidation sites excluding steroid dienone is 7. The number of fused-ring (bicyclic) bond motifs is 1. The first-order chi connectivity index (χ1) is 15.4. The van der Waals surface area contributed by atoms with Crippen LogP contribution in [-0.2, 0) is 11.8 Å². The Bertz CT molecular complexity index is 1110. The number of rotatable bonds is 5. The molecule has 32 heavy (non-hydrogen) atoms. The third-order valence-electron chi connectivity index (χ3n) is 7.37. The van der Waals surface area contributed by atoms with Gasteiger partial charge in [0.1, 0.15) is 5.83 Å². The minimum absolute atomic E-state index is 0.0155. The highest BCUT2D eigenvalue weighted by atomic mass is 19.1. The molecule has 0 aromatic heterocycles. The summed E-state index contributed by atoms with van der Waals surface area (Å²) in [6.45, 7) is 11.0. The summed E-state index contributed by atoms with van der Waals surface area (Å²) in [5.41, 5.74) is 8.24. The third kappa shape index (κ3) is 3.83. The molecule has 1 heteroatoms. The molecule has 166 valence electrons. The van der Waals surface area contributed by atoms with E-state index in [1.807, 2.05) is 6.08 Å². The predicted molar refractivity (Wildman–Crippen MR) is 135 cm³/mol. The van der Waals surface area contributed by atoms with Crippen LogP contribution in [0.15, 0.2) is 89.8 Å². The first-order valence-electron chi connectivity index (χ1n) is 12.0. The SMILES string of the molecule is C/C=C(/c1ccccc1)c1cccc2c1CC1=C(C(F)=CCC1C(C)C=CCC)C2(C)C. The largest absolute Gasteiger partial charge is 0.207 e. The van der Waals surface area contributed by atoms with Crippen molar-refractivity contribution in [3.63, 3.8) is 0 Å². The molecule has 0 radical (unpaired) electrons. The topological polar surface area (TPSA) is 0 Å². The monoisotopic (exact) mass is 426 g/mol. The zero-order valence-electron chi connectivity index (χ0n) is 20.1. The Morgan fingerprint density at radius 2 is 1.88 bits per heavy atom. The maximum Gasteiger partial charge on any atom is 0.123 e. The van der Waals surface area contributed by atoms with Crippen LogP contribution in [0.2, 0.25) is 0 Å². The van der Waals surface area contributed by atoms with Gasteiger partial charge >= 0.3 is 0 Å². The number of hydrogen-bond donors (Lipinski definition) is 0. The summed E-state index contributed by atoms with van der Waals surface area (Å²) in [5.74, 6) is 0.723. The van der Waals surface area contributed by atoms with Crippen LogP contribution in [-0.4, -0.2) is 0 Å². The second-order valence-electron chi connectivity index (χ2n) is 9.69. The lowest BCUT2D eigenvalue weighted by Gasteiger charge is -2.43. The lowest BCUT2D eigenvalue weighted by molar-refractivity contribution is 0.423. The number of benzene rings is 2. The molecule has 0 aliphatic heterocycles. The Morgan fingerprint density at radius 1 is 1.12 bits per heavy atom. The second kappa shape index (κ2) is 9.06. The van der Waals surface area contributed by atoms with Crippen molar-refractivity contribution >= 4 is 5.57 Å². The summed E-state index contributed by atoms with van der Waals surface area (Å²) >= 11 is 0. The summed E-state index contributed by atoms with van der Waals surface area (Å²) in [5, 5.41) is 0. The highest BCUT2D eigenvalue weighted by Gasteiger charge is 2.42. The molecule has 0 spiro atoms. The average molecular weight is 427 g/mol. The van der Waals surface area contributed by atoms with E-state index in [1.54, 1.807) is 0 Å². The van der Waals surface area contributed by atoms with Gasteiger partial charge in [-0.25, -0.2) is 4.39 Å². The fraction of sp³-hybridized carbons (Fsp3) is 0.355. The highest BCUT2D eigenvalue weighted by molar-refractivity contribution is 5.82. The summed E-state index contributed by atoms with van der Waals surface area (Å²) in [7, 11) is 0. The lowest BCUT2D eigenvalue weighted by Crippen LogP contribution is -2.34. The zero-order chi connectivity index (χ0) is 22.9. The average Bonchev–Trinajstić information content (AvgIpc) is 2.79. The van der Waals surface area contributed by atoms with Crippen molar-refractivity contribution < 1.29 is 4.39 Å². The Morgan fingerprint density at radius 3 is 2.56 bits per heavy atom. The smallest absolute Gasteiger partial charge is 0.123 e. The van der Waals surface area contributed by atoms with Gasteiger partial charge < -0.3 is 0 Å². The fourth-order valence-electron chi connectivity index (χ4n) is 5.79. The van der Waals surface area contributed by atoms with Gasteiger partial charge in [0.05, 0.1) is 0 Å². The molecular formula is C31H35F. The van der Waals surface area contributed by atoms with E-state index in [-0.39, 0.29) is 11.2 Å². The van der Waals surface area contributed by atoms with Crippen LogP contribution in [0, 0.1) is 11.8 Å². The standard InChI is InChI=1S/C31H35F/c1-6-8-13-21(3)24-18-19-29(32)30-27(24)20-26-25(16-12-17-28(26)31(30,4)5)23(7-2)22-14-10-9-11-15-22/h7-17,19,21,24H,6,18,20H2,1-5H3/b13-8?,23-7-. The van der Waals surface area contributed by atoms with E-state index in [9.17, 15) is 0 Å². The van der Waals surface area contributed by atoms with Crippen LogP contribution in [0.3, 0.4) is 0 Å². The molecule has 0 saturated heterocycles. The normalized spacial score (nSPS) is 21.2. The molecule has 2 aliphatic rings. The molecule has 0 nitrogen and oxygen atoms in total. The van der Waals surface area contributed by atoms with Gasteiger partial charge in [-0.3, -0.25) is 0 Å². The van der Waals surface area contributed by atoms with E-state index in [0.29, 0.717) is 11.8 Å². The van der Waals surface area contributed by atoms with Gasteiger partial charge in [-0.2, -0.15) is 0 Å². The van der Waals surface area contributed by atoms with Crippen molar-refractivity contribution in [1.29, 1.82) is 0 Å². The van der Waals surface area contributed by atoms with Crippen LogP contribution in [0.4, 0.5) is 4.39 Å². The van der Waals surface area contributed by atoms with Crippen LogP contribution < -0.4 is 0 Å². The van der Waals surface area contributed by atoms with Crippen LogP contribution in [0.1, 0.15) is 69.7 Å². The van der Waals surface area contributed by atoms with Gasteiger partial charge in [-0.15, -0.1) is 0 Å². The van der Waals surface area contributed by atoms with Crippen molar-refractivity contribution in [2.24, 2.45) is 11.8 Å². The fourth-order valence-corrected chi connectivity index (χ4v) is 5.79. The molecule has 2 aromatic rings. The maximum atomic E-state index is 15.4. The summed E-state index contributed by atoms with van der Waals surface area (Å²) in [6.07, 6.45) is 11.3. The Balaban J connectivity index is 1.88. The van der Waals surface area contributed by atoms with Crippen molar-refractivity contribution in [3.05, 3.63) is 112 Å². The molecule has 0 saturated carbocycles. The van der Waals surface area contributed by atoms with E-state index >= 15 is 4.39 Å². The highest BCUT2D eigenvalue weighted by Crippen LogP contribution is 2.51. The first-order valence-corrected chi connectivity index (χ1v) is 12.0. The summed E-state index contributed by atoms with van der Waals surface area (Å²) < 4.78 is 15.4. The summed E-state index contributed by atoms with van der Waals surface area (Å²) in [4.78, 5) is 0. The minimum atomic E-state index is -0.359. The number of hydrogen-bond acceptors (Lipinski definition) is 0. The predicted octanol–water partition coefficient (Wildman–Crippen LogP) is 8.74. The second-order valence-corrected chi connectivity index (χ2v) is 9.69. The Kier molecular flexibility index (Phi) is 6.38. The minimum Gasteiger partial charge on any atom is -0.207 e. The Hall–Kier alpha value is -2.67. The molecule has 0 fully saturated rings. The molecule has 0 N–H and O–H groups in total. The van der Waals surface area contributed by atoms with Crippen molar-refractivity contribution in [3.8, 4) is 0 Å². The molecule has 0 amide bonds. The van der Waals surface area contributed by atoms with Crippen LogP contribution in [0.5, 0.6) is 0 Å². The molecule has 0 heterocycles. The number of halogens is 1. The van der Waals surface area contributed by atoms with Crippen LogP contribution in [0.25, 0.3) is 5.57 Å². The van der Waals surface area contributed by atoms with Crippen molar-refractivity contribution in [2.75, 3.05) is 0 Å². The van der Waals surface area contributed by atoms with Gasteiger partial charge in [-0.05, 0) is 77.5 Å². The molecular weight excluding hydrogens is 391 g/mol. The zero-order valence-corrected chi connectivity index (χ0v) is 20.1. The quantitative estimate of drug-likeness (QED) is 0.419. The molecule has 4 rings (SSSR count). The van der Waals surface area contributed by atoms with Gasteiger partial charge in [0.25, 0.3) is 0 Å². The van der Waals surface area contributed by atoms with E-state index in [2.05, 4.69) is 101 Å². The van der Waals surface area contributed by atoms with Gasteiger partial charge in [0, 0.05) is 5.41 Å². The van der Waals surface area contributed by atoms with Gasteiger partial charge in [0.2, 0.25) is 0 Å². The van der Waals surface area contributed by atoms with E-state index < -0.39 is 0 Å². The van der Waals surface area contributed by atoms with E-state index in [0.717, 1.165) is 24.8 Å². The molecule has 0 bridgehead atoms. The van der Waals surface area contributed by atoms with E-state index in [1.165, 1.54) is 33.4 Å². The molecule has 2 unspecified atom stereocenters. The maximum absolute atomic E-state index is 15.4. The summed E-state index contributed by atoms with van der Waals surface area (Å²) in [6, 6.07) is 17.2. The molecule has 2 atom stereocenters.